The number of aromatic nitrogens is 1. The number of hydrogen-bond donors (Lipinski definition) is 1. The molecule has 182 valence electrons. The number of benzene rings is 2. The van der Waals surface area contributed by atoms with E-state index in [0.29, 0.717) is 34.7 Å². The molecule has 4 aliphatic carbocycles. The van der Waals surface area contributed by atoms with Gasteiger partial charge in [-0.05, 0) is 98.9 Å². The van der Waals surface area contributed by atoms with E-state index in [1.165, 1.54) is 31.4 Å². The minimum atomic E-state index is -0.614. The average Bonchev–Trinajstić information content (AvgIpc) is 3.44. The second kappa shape index (κ2) is 7.77. The van der Waals surface area contributed by atoms with Crippen LogP contribution < -0.4 is 5.32 Å². The molecule has 5 aliphatic rings. The third kappa shape index (κ3) is 3.62. The number of carbonyl (C=O) groups is 1. The van der Waals surface area contributed by atoms with Crippen molar-refractivity contribution in [2.24, 2.45) is 17.8 Å². The minimum Gasteiger partial charge on any atom is -0.438 e. The lowest BCUT2D eigenvalue weighted by atomic mass is 9.53. The van der Waals surface area contributed by atoms with Crippen LogP contribution in [0.5, 0.6) is 0 Å². The molecule has 1 aromatic heterocycles. The van der Waals surface area contributed by atoms with Crippen molar-refractivity contribution in [3.8, 4) is 11.1 Å². The largest absolute Gasteiger partial charge is 0.438 e. The molecule has 2 heterocycles. The van der Waals surface area contributed by atoms with Crippen molar-refractivity contribution in [3.63, 3.8) is 0 Å². The van der Waals surface area contributed by atoms with Crippen LogP contribution >= 0.6 is 0 Å². The monoisotopic (exact) mass is 477 g/mol. The van der Waals surface area contributed by atoms with Crippen LogP contribution in [0.4, 0.5) is 13.6 Å². The van der Waals surface area contributed by atoms with Crippen LogP contribution in [-0.2, 0) is 0 Å². The van der Waals surface area contributed by atoms with Crippen LogP contribution in [0.25, 0.3) is 22.2 Å². The van der Waals surface area contributed by atoms with Crippen LogP contribution in [0.3, 0.4) is 0 Å². The number of nitrogens with zero attached hydrogens (tertiary/aromatic N) is 2. The van der Waals surface area contributed by atoms with Gasteiger partial charge in [-0.2, -0.15) is 0 Å². The van der Waals surface area contributed by atoms with Crippen LogP contribution in [-0.4, -0.2) is 28.0 Å². The summed E-state index contributed by atoms with van der Waals surface area (Å²) < 4.78 is 33.7. The summed E-state index contributed by atoms with van der Waals surface area (Å²) in [6.07, 6.45) is 9.10. The summed E-state index contributed by atoms with van der Waals surface area (Å²) in [6, 6.07) is 8.63. The predicted molar refractivity (Wildman–Crippen MR) is 127 cm³/mol. The highest BCUT2D eigenvalue weighted by atomic mass is 19.1. The van der Waals surface area contributed by atoms with E-state index < -0.39 is 11.6 Å². The van der Waals surface area contributed by atoms with E-state index in [1.54, 1.807) is 18.2 Å². The Morgan fingerprint density at radius 2 is 1.77 bits per heavy atom. The molecule has 8 rings (SSSR count). The van der Waals surface area contributed by atoms with Gasteiger partial charge >= 0.3 is 6.03 Å². The molecule has 0 spiro atoms. The Hall–Kier alpha value is -2.96. The maximum absolute atomic E-state index is 14.3. The van der Waals surface area contributed by atoms with Gasteiger partial charge in [0.2, 0.25) is 5.89 Å². The first-order valence-corrected chi connectivity index (χ1v) is 12.9. The molecule has 2 amide bonds. The average molecular weight is 478 g/mol. The van der Waals surface area contributed by atoms with Gasteiger partial charge in [-0.15, -0.1) is 0 Å². The van der Waals surface area contributed by atoms with Crippen molar-refractivity contribution in [3.05, 3.63) is 53.9 Å². The molecular formula is C28H29F2N3O2. The van der Waals surface area contributed by atoms with Crippen molar-refractivity contribution in [1.82, 2.24) is 15.2 Å². The topological polar surface area (TPSA) is 58.4 Å². The molecule has 4 bridgehead atoms. The summed E-state index contributed by atoms with van der Waals surface area (Å²) in [5.41, 5.74) is 2.09. The second-order valence-corrected chi connectivity index (χ2v) is 11.3. The maximum Gasteiger partial charge on any atom is 0.318 e. The molecule has 35 heavy (non-hydrogen) atoms. The number of hydrogen-bond acceptors (Lipinski definition) is 3. The van der Waals surface area contributed by atoms with E-state index in [0.717, 1.165) is 55.9 Å². The number of amides is 2. The van der Waals surface area contributed by atoms with Gasteiger partial charge in [0.25, 0.3) is 0 Å². The molecule has 4 saturated carbocycles. The van der Waals surface area contributed by atoms with Crippen molar-refractivity contribution in [2.75, 3.05) is 6.54 Å². The summed E-state index contributed by atoms with van der Waals surface area (Å²) in [5, 5.41) is 3.49. The smallest absolute Gasteiger partial charge is 0.318 e. The number of halogens is 2. The number of carbonyl (C=O) groups excluding carboxylic acids is 1. The zero-order valence-corrected chi connectivity index (χ0v) is 19.6. The van der Waals surface area contributed by atoms with Gasteiger partial charge in [0.15, 0.2) is 5.58 Å². The van der Waals surface area contributed by atoms with Gasteiger partial charge in [-0.1, -0.05) is 6.07 Å². The summed E-state index contributed by atoms with van der Waals surface area (Å²) in [5.74, 6) is 1.62. The second-order valence-electron chi connectivity index (χ2n) is 11.3. The fourth-order valence-corrected chi connectivity index (χ4v) is 7.81. The highest BCUT2D eigenvalue weighted by Gasteiger charge is 2.52. The lowest BCUT2D eigenvalue weighted by Crippen LogP contribution is -2.61. The molecule has 1 saturated heterocycles. The van der Waals surface area contributed by atoms with Gasteiger partial charge in [0.1, 0.15) is 23.2 Å². The van der Waals surface area contributed by atoms with Crippen LogP contribution in [0, 0.1) is 29.4 Å². The van der Waals surface area contributed by atoms with Gasteiger partial charge in [0.05, 0.1) is 0 Å². The van der Waals surface area contributed by atoms with Gasteiger partial charge < -0.3 is 14.6 Å². The van der Waals surface area contributed by atoms with Gasteiger partial charge in [-0.25, -0.2) is 18.6 Å². The van der Waals surface area contributed by atoms with E-state index in [-0.39, 0.29) is 17.6 Å². The first kappa shape index (κ1) is 21.3. The minimum absolute atomic E-state index is 0.00535. The Morgan fingerprint density at radius 1 is 1.03 bits per heavy atom. The lowest BCUT2D eigenvalue weighted by Gasteiger charge is -2.57. The Balaban J connectivity index is 1.13. The Morgan fingerprint density at radius 3 is 2.49 bits per heavy atom. The highest BCUT2D eigenvalue weighted by Crippen LogP contribution is 2.55. The molecule has 7 heteroatoms. The van der Waals surface area contributed by atoms with E-state index in [4.69, 9.17) is 9.40 Å². The van der Waals surface area contributed by atoms with Crippen molar-refractivity contribution in [1.29, 1.82) is 0 Å². The summed E-state index contributed by atoms with van der Waals surface area (Å²) in [4.78, 5) is 20.1. The number of nitrogens with one attached hydrogen (secondary N) is 1. The zero-order valence-electron chi connectivity index (χ0n) is 19.6. The lowest BCUT2D eigenvalue weighted by molar-refractivity contribution is -0.0160. The van der Waals surface area contributed by atoms with Crippen LogP contribution in [0.2, 0.25) is 0 Å². The van der Waals surface area contributed by atoms with E-state index in [9.17, 15) is 13.6 Å². The van der Waals surface area contributed by atoms with Gasteiger partial charge in [-0.3, -0.25) is 0 Å². The summed E-state index contributed by atoms with van der Waals surface area (Å²) in [6.45, 7) is 0.688. The zero-order chi connectivity index (χ0) is 23.7. The van der Waals surface area contributed by atoms with Crippen molar-refractivity contribution >= 4 is 17.1 Å². The standard InChI is InChI=1S/C28H29F2N3O2/c29-20-4-5-21(22(30)12-20)19-3-6-25-23(11-19)31-26(35-25)24-2-1-7-33(24)27(34)32-28-13-16-8-17(14-28)10-18(9-16)15-28/h3-6,11-12,16-18,24H,1-2,7-10,13-15H2,(H,32,34)/t16?,17?,18?,24-,28?/m1/s1. The number of likely N-dealkylation sites (tertiary alicyclic amines) is 1. The number of rotatable bonds is 3. The van der Waals surface area contributed by atoms with Crippen molar-refractivity contribution in [2.45, 2.75) is 62.9 Å². The van der Waals surface area contributed by atoms with Gasteiger partial charge in [0, 0.05) is 23.7 Å². The number of urea groups is 1. The Bertz CT molecular complexity index is 1280. The highest BCUT2D eigenvalue weighted by molar-refractivity contribution is 5.81. The SMILES string of the molecule is O=C(NC12CC3CC(CC(C3)C1)C2)N1CCC[C@@H]1c1nc2cc(-c3ccc(F)cc3F)ccc2o1. The Labute approximate surface area is 202 Å². The molecule has 0 radical (unpaired) electrons. The van der Waals surface area contributed by atoms with E-state index in [2.05, 4.69) is 5.32 Å². The molecule has 1 N–H and O–H groups in total. The van der Waals surface area contributed by atoms with E-state index in [1.807, 2.05) is 4.90 Å². The molecule has 0 unspecified atom stereocenters. The maximum atomic E-state index is 14.3. The third-order valence-corrected chi connectivity index (χ3v) is 8.86. The molecule has 3 aromatic rings. The summed E-state index contributed by atoms with van der Waals surface area (Å²) in [7, 11) is 0. The molecule has 5 fully saturated rings. The molecule has 5 nitrogen and oxygen atoms in total. The van der Waals surface area contributed by atoms with E-state index >= 15 is 0 Å². The third-order valence-electron chi connectivity index (χ3n) is 8.86. The predicted octanol–water partition coefficient (Wildman–Crippen LogP) is 6.59. The first-order valence-electron chi connectivity index (χ1n) is 12.9. The fraction of sp³-hybridized carbons (Fsp3) is 0.500. The fourth-order valence-electron chi connectivity index (χ4n) is 7.81. The molecule has 2 aromatic carbocycles. The summed E-state index contributed by atoms with van der Waals surface area (Å²) >= 11 is 0. The quantitative estimate of drug-likeness (QED) is 0.463. The van der Waals surface area contributed by atoms with Crippen LogP contribution in [0.15, 0.2) is 40.8 Å². The first-order chi connectivity index (χ1) is 16.9. The number of fused-ring (bicyclic) bond motifs is 1. The molecular weight excluding hydrogens is 448 g/mol. The molecule has 1 atom stereocenters. The molecule has 1 aliphatic heterocycles. The number of oxazole rings is 1. The van der Waals surface area contributed by atoms with Crippen LogP contribution in [0.1, 0.15) is 63.3 Å². The Kier molecular flexibility index (Phi) is 4.74. The normalized spacial score (nSPS) is 31.4. The van der Waals surface area contributed by atoms with Crippen molar-refractivity contribution < 1.29 is 18.0 Å².